The Bertz CT molecular complexity index is 317. The Morgan fingerprint density at radius 1 is 1.50 bits per heavy atom. The van der Waals surface area contributed by atoms with Gasteiger partial charge in [0.15, 0.2) is 11.6 Å². The molecule has 0 amide bonds. The maximum absolute atomic E-state index is 13.2. The second-order valence-corrected chi connectivity index (χ2v) is 3.35. The van der Waals surface area contributed by atoms with E-state index in [0.717, 1.165) is 18.5 Å². The van der Waals surface area contributed by atoms with Gasteiger partial charge in [0.05, 0.1) is 12.1 Å². The van der Waals surface area contributed by atoms with Gasteiger partial charge in [-0.3, -0.25) is 0 Å². The zero-order chi connectivity index (χ0) is 10.6. The monoisotopic (exact) mass is 217 g/mol. The second kappa shape index (κ2) is 5.17. The molecule has 0 aliphatic carbocycles. The van der Waals surface area contributed by atoms with Gasteiger partial charge in [0.2, 0.25) is 0 Å². The number of ether oxygens (including phenoxy) is 1. The zero-order valence-corrected chi connectivity index (χ0v) is 8.99. The van der Waals surface area contributed by atoms with Crippen LogP contribution in [0.3, 0.4) is 0 Å². The molecule has 2 nitrogen and oxygen atoms in total. The van der Waals surface area contributed by atoms with Crippen LogP contribution in [0.15, 0.2) is 12.1 Å². The zero-order valence-electron chi connectivity index (χ0n) is 8.23. The van der Waals surface area contributed by atoms with E-state index in [1.54, 1.807) is 12.1 Å². The molecule has 1 N–H and O–H groups in total. The van der Waals surface area contributed by atoms with E-state index in [1.165, 1.54) is 7.11 Å². The number of hydrogen-bond acceptors (Lipinski definition) is 2. The quantitative estimate of drug-likeness (QED) is 0.836. The minimum atomic E-state index is -0.498. The van der Waals surface area contributed by atoms with Gasteiger partial charge in [-0.1, -0.05) is 11.6 Å². The van der Waals surface area contributed by atoms with Gasteiger partial charge in [0.1, 0.15) is 0 Å². The largest absolute Gasteiger partial charge is 0.494 e. The van der Waals surface area contributed by atoms with Crippen LogP contribution < -0.4 is 10.1 Å². The Hall–Kier alpha value is -0.800. The molecule has 4 heteroatoms. The summed E-state index contributed by atoms with van der Waals surface area (Å²) < 4.78 is 18.1. The highest BCUT2D eigenvalue weighted by atomic mass is 35.5. The van der Waals surface area contributed by atoms with E-state index in [2.05, 4.69) is 5.32 Å². The number of halogens is 2. The lowest BCUT2D eigenvalue weighted by molar-refractivity contribution is 0.386. The Morgan fingerprint density at radius 3 is 2.79 bits per heavy atom. The van der Waals surface area contributed by atoms with Gasteiger partial charge < -0.3 is 10.1 Å². The van der Waals surface area contributed by atoms with E-state index in [1.807, 2.05) is 7.05 Å². The molecule has 0 atom stereocenters. The first-order valence-corrected chi connectivity index (χ1v) is 4.73. The van der Waals surface area contributed by atoms with E-state index in [-0.39, 0.29) is 10.8 Å². The van der Waals surface area contributed by atoms with Crippen LogP contribution in [0, 0.1) is 5.82 Å². The summed E-state index contributed by atoms with van der Waals surface area (Å²) in [5.74, 6) is -0.300. The Labute approximate surface area is 88.0 Å². The van der Waals surface area contributed by atoms with Crippen molar-refractivity contribution in [2.45, 2.75) is 6.42 Å². The summed E-state index contributed by atoms with van der Waals surface area (Å²) in [6.07, 6.45) is 0.798. The molecule has 0 saturated carbocycles. The predicted octanol–water partition coefficient (Wildman–Crippen LogP) is 2.25. The van der Waals surface area contributed by atoms with Gasteiger partial charge in [-0.15, -0.1) is 0 Å². The van der Waals surface area contributed by atoms with Crippen molar-refractivity contribution in [1.82, 2.24) is 5.32 Å². The highest BCUT2D eigenvalue weighted by Gasteiger charge is 2.09. The summed E-state index contributed by atoms with van der Waals surface area (Å²) in [5.41, 5.74) is 0.961. The van der Waals surface area contributed by atoms with Crippen molar-refractivity contribution in [2.24, 2.45) is 0 Å². The van der Waals surface area contributed by atoms with Crippen LogP contribution in [-0.4, -0.2) is 20.7 Å². The summed E-state index contributed by atoms with van der Waals surface area (Å²) in [6, 6.07) is 3.29. The molecule has 0 heterocycles. The second-order valence-electron chi connectivity index (χ2n) is 2.95. The first-order valence-electron chi connectivity index (χ1n) is 4.35. The van der Waals surface area contributed by atoms with Gasteiger partial charge in [0, 0.05) is 0 Å². The third-order valence-electron chi connectivity index (χ3n) is 1.94. The van der Waals surface area contributed by atoms with Gasteiger partial charge in [-0.2, -0.15) is 0 Å². The summed E-state index contributed by atoms with van der Waals surface area (Å²) in [6.45, 7) is 0.825. The Morgan fingerprint density at radius 2 is 2.21 bits per heavy atom. The standard InChI is InChI=1S/C10H13ClFNO/c1-13-4-3-7-5-8(11)10(12)9(6-7)14-2/h5-6,13H,3-4H2,1-2H3. The van der Waals surface area contributed by atoms with Crippen LogP contribution in [0.1, 0.15) is 5.56 Å². The molecular weight excluding hydrogens is 205 g/mol. The van der Waals surface area contributed by atoms with Gasteiger partial charge >= 0.3 is 0 Å². The van der Waals surface area contributed by atoms with Crippen molar-refractivity contribution in [2.75, 3.05) is 20.7 Å². The van der Waals surface area contributed by atoms with Crippen LogP contribution in [0.2, 0.25) is 5.02 Å². The minimum absolute atomic E-state index is 0.107. The molecule has 14 heavy (non-hydrogen) atoms. The topological polar surface area (TPSA) is 21.3 Å². The average Bonchev–Trinajstić information content (AvgIpc) is 2.19. The number of hydrogen-bond donors (Lipinski definition) is 1. The van der Waals surface area contributed by atoms with Gasteiger partial charge in [0.25, 0.3) is 0 Å². The minimum Gasteiger partial charge on any atom is -0.494 e. The fourth-order valence-corrected chi connectivity index (χ4v) is 1.41. The van der Waals surface area contributed by atoms with E-state index >= 15 is 0 Å². The summed E-state index contributed by atoms with van der Waals surface area (Å²) >= 11 is 5.70. The van der Waals surface area contributed by atoms with E-state index in [9.17, 15) is 4.39 Å². The summed E-state index contributed by atoms with van der Waals surface area (Å²) in [4.78, 5) is 0. The van der Waals surface area contributed by atoms with E-state index in [4.69, 9.17) is 16.3 Å². The van der Waals surface area contributed by atoms with Crippen LogP contribution in [0.4, 0.5) is 4.39 Å². The SMILES string of the molecule is CNCCc1cc(Cl)c(F)c(OC)c1. The molecule has 0 aliphatic heterocycles. The van der Waals surface area contributed by atoms with Crippen molar-refractivity contribution in [3.8, 4) is 5.75 Å². The molecule has 78 valence electrons. The van der Waals surface area contributed by atoms with Crippen LogP contribution in [0.25, 0.3) is 0 Å². The summed E-state index contributed by atoms with van der Waals surface area (Å²) in [5, 5.41) is 3.12. The molecule has 1 rings (SSSR count). The maximum Gasteiger partial charge on any atom is 0.183 e. The lowest BCUT2D eigenvalue weighted by Crippen LogP contribution is -2.10. The molecule has 0 saturated heterocycles. The first kappa shape index (κ1) is 11.3. The molecular formula is C10H13ClFNO. The smallest absolute Gasteiger partial charge is 0.183 e. The van der Waals surface area contributed by atoms with Gasteiger partial charge in [-0.25, -0.2) is 4.39 Å². The first-order chi connectivity index (χ1) is 6.69. The molecule has 0 bridgehead atoms. The molecule has 0 aromatic heterocycles. The lowest BCUT2D eigenvalue weighted by atomic mass is 10.1. The molecule has 0 spiro atoms. The number of rotatable bonds is 4. The number of likely N-dealkylation sites (N-methyl/N-ethyl adjacent to an activating group) is 1. The van der Waals surface area contributed by atoms with E-state index < -0.39 is 5.82 Å². The fourth-order valence-electron chi connectivity index (χ4n) is 1.18. The number of benzene rings is 1. The summed E-state index contributed by atoms with van der Waals surface area (Å²) in [7, 11) is 3.29. The number of nitrogens with one attached hydrogen (secondary N) is 1. The third-order valence-corrected chi connectivity index (χ3v) is 2.21. The van der Waals surface area contributed by atoms with Crippen molar-refractivity contribution in [1.29, 1.82) is 0 Å². The van der Waals surface area contributed by atoms with Crippen LogP contribution in [-0.2, 0) is 6.42 Å². The van der Waals surface area contributed by atoms with Crippen molar-refractivity contribution in [3.63, 3.8) is 0 Å². The lowest BCUT2D eigenvalue weighted by Gasteiger charge is -2.07. The van der Waals surface area contributed by atoms with Crippen molar-refractivity contribution in [3.05, 3.63) is 28.5 Å². The fraction of sp³-hybridized carbons (Fsp3) is 0.400. The molecule has 0 unspecified atom stereocenters. The van der Waals surface area contributed by atoms with E-state index in [0.29, 0.717) is 0 Å². The molecule has 0 fully saturated rings. The average molecular weight is 218 g/mol. The van der Waals surface area contributed by atoms with Crippen molar-refractivity contribution < 1.29 is 9.13 Å². The molecule has 1 aromatic rings. The highest BCUT2D eigenvalue weighted by molar-refractivity contribution is 6.30. The normalized spacial score (nSPS) is 10.3. The van der Waals surface area contributed by atoms with Gasteiger partial charge in [-0.05, 0) is 37.7 Å². The van der Waals surface area contributed by atoms with Crippen molar-refractivity contribution >= 4 is 11.6 Å². The Kier molecular flexibility index (Phi) is 4.17. The molecule has 0 radical (unpaired) electrons. The third kappa shape index (κ3) is 2.59. The Balaban J connectivity index is 2.91. The van der Waals surface area contributed by atoms with Crippen LogP contribution in [0.5, 0.6) is 5.75 Å². The number of methoxy groups -OCH3 is 1. The maximum atomic E-state index is 13.2. The van der Waals surface area contributed by atoms with Crippen LogP contribution >= 0.6 is 11.6 Å². The predicted molar refractivity (Wildman–Crippen MR) is 55.6 cm³/mol. The highest BCUT2D eigenvalue weighted by Crippen LogP contribution is 2.26. The molecule has 0 aliphatic rings. The molecule has 1 aromatic carbocycles.